The van der Waals surface area contributed by atoms with Gasteiger partial charge in [0.05, 0.1) is 42.8 Å². The van der Waals surface area contributed by atoms with Crippen LogP contribution >= 0.6 is 0 Å². The third kappa shape index (κ3) is 12.9. The zero-order valence-electron chi connectivity index (χ0n) is 33.2. The van der Waals surface area contributed by atoms with E-state index in [1.54, 1.807) is 70.3 Å². The molecule has 0 aliphatic carbocycles. The first-order chi connectivity index (χ1) is 25.9. The quantitative estimate of drug-likeness (QED) is 0.133. The van der Waals surface area contributed by atoms with Gasteiger partial charge in [-0.05, 0) is 103 Å². The summed E-state index contributed by atoms with van der Waals surface area (Å²) in [6.07, 6.45) is 4.34. The molecule has 54 heavy (non-hydrogen) atoms. The molecule has 3 amide bonds. The maximum Gasteiger partial charge on any atom is 0.407 e. The van der Waals surface area contributed by atoms with Crippen LogP contribution in [0, 0.1) is 6.92 Å². The number of ether oxygens (including phenoxy) is 4. The first-order valence-corrected chi connectivity index (χ1v) is 19.0. The summed E-state index contributed by atoms with van der Waals surface area (Å²) in [4.78, 5) is 46.3. The number of carbonyl (C=O) groups is 3. The van der Waals surface area contributed by atoms with Crippen LogP contribution in [0.4, 0.5) is 16.2 Å². The number of piperazine rings is 1. The van der Waals surface area contributed by atoms with Gasteiger partial charge in [0.1, 0.15) is 22.8 Å². The van der Waals surface area contributed by atoms with Crippen molar-refractivity contribution in [3.8, 4) is 17.2 Å². The number of methoxy groups -OCH3 is 1. The van der Waals surface area contributed by atoms with Gasteiger partial charge in [0.15, 0.2) is 0 Å². The monoisotopic (exact) mass is 745 g/mol. The number of alkyl carbamates (subject to hydrolysis) is 1. The molecular formula is C42H59N5O7. The number of nitrogens with zero attached hydrogens (tertiary/aromatic N) is 3. The van der Waals surface area contributed by atoms with Gasteiger partial charge in [-0.25, -0.2) is 4.79 Å². The summed E-state index contributed by atoms with van der Waals surface area (Å²) >= 11 is 0. The summed E-state index contributed by atoms with van der Waals surface area (Å²) in [5.41, 5.74) is 1.84. The van der Waals surface area contributed by atoms with E-state index in [0.29, 0.717) is 42.5 Å². The Labute approximate surface area is 321 Å². The Morgan fingerprint density at radius 1 is 0.796 bits per heavy atom. The van der Waals surface area contributed by atoms with Gasteiger partial charge in [-0.3, -0.25) is 9.59 Å². The minimum Gasteiger partial charge on any atom is -0.495 e. The van der Waals surface area contributed by atoms with Crippen LogP contribution in [0.15, 0.2) is 60.7 Å². The lowest BCUT2D eigenvalue weighted by Gasteiger charge is -2.32. The third-order valence-corrected chi connectivity index (χ3v) is 9.10. The molecule has 0 bridgehead atoms. The molecule has 0 radical (unpaired) electrons. The van der Waals surface area contributed by atoms with Gasteiger partial charge in [-0.15, -0.1) is 0 Å². The van der Waals surface area contributed by atoms with Crippen LogP contribution < -0.4 is 29.7 Å². The highest BCUT2D eigenvalue weighted by Crippen LogP contribution is 2.34. The van der Waals surface area contributed by atoms with Crippen molar-refractivity contribution in [3.63, 3.8) is 0 Å². The van der Waals surface area contributed by atoms with Crippen LogP contribution in [0.2, 0.25) is 0 Å². The fourth-order valence-electron chi connectivity index (χ4n) is 6.08. The molecule has 1 fully saturated rings. The number of amides is 3. The number of hydrogen-bond acceptors (Lipinski definition) is 9. The number of anilines is 2. The Balaban J connectivity index is 1.37. The summed E-state index contributed by atoms with van der Waals surface area (Å²) in [5, 5.41) is 5.62. The van der Waals surface area contributed by atoms with E-state index in [2.05, 4.69) is 27.5 Å². The van der Waals surface area contributed by atoms with Crippen molar-refractivity contribution in [1.82, 2.24) is 15.1 Å². The average molecular weight is 746 g/mol. The first-order valence-electron chi connectivity index (χ1n) is 19.0. The van der Waals surface area contributed by atoms with E-state index in [1.165, 1.54) is 18.4 Å². The number of nitrogens with one attached hydrogen (secondary N) is 2. The van der Waals surface area contributed by atoms with Gasteiger partial charge in [-0.2, -0.15) is 0 Å². The molecule has 1 heterocycles. The predicted octanol–water partition coefficient (Wildman–Crippen LogP) is 7.01. The second-order valence-corrected chi connectivity index (χ2v) is 14.7. The fourth-order valence-corrected chi connectivity index (χ4v) is 6.08. The molecule has 0 spiro atoms. The molecule has 0 atom stereocenters. The molecule has 1 saturated heterocycles. The van der Waals surface area contributed by atoms with Crippen LogP contribution in [0.25, 0.3) is 0 Å². The Bertz CT molecular complexity index is 1680. The van der Waals surface area contributed by atoms with E-state index < -0.39 is 17.6 Å². The summed E-state index contributed by atoms with van der Waals surface area (Å²) in [5.74, 6) is 0.514. The maximum atomic E-state index is 14.2. The molecule has 4 rings (SSSR count). The number of para-hydroxylation sites is 2. The normalized spacial score (nSPS) is 13.5. The largest absolute Gasteiger partial charge is 0.495 e. The van der Waals surface area contributed by atoms with E-state index in [1.807, 2.05) is 25.1 Å². The van der Waals surface area contributed by atoms with Gasteiger partial charge >= 0.3 is 6.09 Å². The van der Waals surface area contributed by atoms with E-state index in [-0.39, 0.29) is 29.3 Å². The molecule has 2 N–H and O–H groups in total. The Morgan fingerprint density at radius 3 is 2.20 bits per heavy atom. The Morgan fingerprint density at radius 2 is 1.46 bits per heavy atom. The number of rotatable bonds is 18. The molecule has 0 saturated carbocycles. The van der Waals surface area contributed by atoms with Gasteiger partial charge in [-0.1, -0.05) is 37.1 Å². The predicted molar refractivity (Wildman–Crippen MR) is 214 cm³/mol. The second-order valence-electron chi connectivity index (χ2n) is 14.7. The summed E-state index contributed by atoms with van der Waals surface area (Å²) in [7, 11) is 5.37. The summed E-state index contributed by atoms with van der Waals surface area (Å²) in [6, 6.07) is 17.7. The lowest BCUT2D eigenvalue weighted by atomic mass is 10.1. The molecule has 3 aromatic carbocycles. The molecule has 294 valence electrons. The minimum atomic E-state index is -0.587. The first kappa shape index (κ1) is 41.9. The van der Waals surface area contributed by atoms with Crippen LogP contribution in [-0.4, -0.2) is 107 Å². The van der Waals surface area contributed by atoms with E-state index in [0.717, 1.165) is 57.5 Å². The molecule has 12 heteroatoms. The zero-order valence-corrected chi connectivity index (χ0v) is 33.2. The Hall–Kier alpha value is -4.81. The average Bonchev–Trinajstić information content (AvgIpc) is 3.14. The maximum absolute atomic E-state index is 14.2. The van der Waals surface area contributed by atoms with Crippen LogP contribution in [0.5, 0.6) is 17.2 Å². The molecule has 1 aliphatic rings. The van der Waals surface area contributed by atoms with E-state index in [4.69, 9.17) is 18.9 Å². The number of benzene rings is 3. The Kier molecular flexibility index (Phi) is 16.0. The minimum absolute atomic E-state index is 0.240. The van der Waals surface area contributed by atoms with Crippen molar-refractivity contribution in [2.24, 2.45) is 0 Å². The number of aryl methyl sites for hydroxylation is 1. The number of likely N-dealkylation sites (N-methyl/N-ethyl adjacent to an activating group) is 1. The van der Waals surface area contributed by atoms with Crippen LogP contribution in [-0.2, 0) is 4.74 Å². The molecule has 0 aromatic heterocycles. The van der Waals surface area contributed by atoms with E-state index >= 15 is 0 Å². The summed E-state index contributed by atoms with van der Waals surface area (Å²) in [6.45, 7) is 14.3. The molecule has 1 aliphatic heterocycles. The second kappa shape index (κ2) is 20.6. The number of unbranched alkanes of at least 4 members (excludes halogenated alkanes) is 3. The molecule has 12 nitrogen and oxygen atoms in total. The van der Waals surface area contributed by atoms with E-state index in [9.17, 15) is 14.4 Å². The SMILES string of the molecule is COc1cccc(C(=O)N(C)c2ccc(C)cc2OCCCCCCN2CCN(C)CC2)c1NC(=O)c1ccccc1OCCCNC(=O)OC(C)(C)C. The van der Waals surface area contributed by atoms with Gasteiger partial charge in [0.2, 0.25) is 0 Å². The zero-order chi connectivity index (χ0) is 39.1. The standard InChI is InChI=1S/C42H59N5O7/c1-31-20-21-34(37(30-31)53-28-13-9-8-12-23-47-26-24-45(5)25-27-47)46(6)40(49)33-17-14-19-36(51-7)38(33)44-39(48)32-16-10-11-18-35(32)52-29-15-22-43-41(50)54-42(2,3)4/h10-11,14,16-21,30H,8-9,12-13,15,22-29H2,1-7H3,(H,43,50)(H,44,48). The molecule has 3 aromatic rings. The van der Waals surface area contributed by atoms with Crippen molar-refractivity contribution in [1.29, 1.82) is 0 Å². The lowest BCUT2D eigenvalue weighted by molar-refractivity contribution is 0.0525. The number of hydrogen-bond donors (Lipinski definition) is 2. The highest BCUT2D eigenvalue weighted by molar-refractivity contribution is 6.15. The van der Waals surface area contributed by atoms with Crippen molar-refractivity contribution < 1.29 is 33.3 Å². The highest BCUT2D eigenvalue weighted by Gasteiger charge is 2.25. The van der Waals surface area contributed by atoms with Gasteiger partial charge in [0.25, 0.3) is 11.8 Å². The van der Waals surface area contributed by atoms with Crippen molar-refractivity contribution in [2.75, 3.05) is 83.9 Å². The molecule has 0 unspecified atom stereocenters. The summed E-state index contributed by atoms with van der Waals surface area (Å²) < 4.78 is 23.1. The number of carbonyl (C=O) groups excluding carboxylic acids is 3. The van der Waals surface area contributed by atoms with Gasteiger partial charge in [0, 0.05) is 39.8 Å². The van der Waals surface area contributed by atoms with Gasteiger partial charge < -0.3 is 44.3 Å². The third-order valence-electron chi connectivity index (χ3n) is 9.10. The van der Waals surface area contributed by atoms with Crippen molar-refractivity contribution in [2.45, 2.75) is 65.4 Å². The van der Waals surface area contributed by atoms with Crippen LogP contribution in [0.3, 0.4) is 0 Å². The highest BCUT2D eigenvalue weighted by atomic mass is 16.6. The fraction of sp³-hybridized carbons (Fsp3) is 0.500. The molecular weight excluding hydrogens is 686 g/mol. The van der Waals surface area contributed by atoms with Crippen molar-refractivity contribution >= 4 is 29.3 Å². The lowest BCUT2D eigenvalue weighted by Crippen LogP contribution is -2.44. The van der Waals surface area contributed by atoms with Crippen LogP contribution in [0.1, 0.15) is 79.2 Å². The van der Waals surface area contributed by atoms with Crippen molar-refractivity contribution in [3.05, 3.63) is 77.4 Å². The topological polar surface area (TPSA) is 122 Å². The smallest absolute Gasteiger partial charge is 0.407 e.